The first-order chi connectivity index (χ1) is 27.7. The average molecular weight is 963 g/mol. The van der Waals surface area contributed by atoms with Crippen LogP contribution >= 0.6 is 0 Å². The van der Waals surface area contributed by atoms with Crippen molar-refractivity contribution in [2.24, 2.45) is 0 Å². The number of rotatable bonds is 9. The van der Waals surface area contributed by atoms with Crippen molar-refractivity contribution in [1.29, 1.82) is 0 Å². The Hall–Kier alpha value is -6.70. The molecule has 4 aromatic carbocycles. The van der Waals surface area contributed by atoms with Crippen LogP contribution in [0.25, 0.3) is 34.1 Å². The number of hydrogen-bond acceptors (Lipinski definition) is 6. The summed E-state index contributed by atoms with van der Waals surface area (Å²) in [6, 6.07) is 39.0. The van der Waals surface area contributed by atoms with E-state index >= 15 is 0 Å². The summed E-state index contributed by atoms with van der Waals surface area (Å²) in [4.78, 5) is 3.87. The van der Waals surface area contributed by atoms with E-state index in [1.165, 1.54) is 6.20 Å². The van der Waals surface area contributed by atoms with Crippen LogP contribution in [0, 0.1) is 24.8 Å². The number of ether oxygens (including phenoxy) is 4. The molecule has 0 aliphatic heterocycles. The first kappa shape index (κ1) is 42.4. The second-order valence-electron chi connectivity index (χ2n) is 11.7. The molecule has 0 N–H and O–H groups in total. The van der Waals surface area contributed by atoms with Gasteiger partial charge >= 0.3 is 6.18 Å². The van der Waals surface area contributed by atoms with Crippen molar-refractivity contribution in [3.8, 4) is 57.1 Å². The molecule has 11 nitrogen and oxygen atoms in total. The Morgan fingerprint density at radius 1 is 0.621 bits per heavy atom. The molecule has 0 fully saturated rings. The van der Waals surface area contributed by atoms with Gasteiger partial charge in [-0.2, -0.15) is 37.4 Å². The van der Waals surface area contributed by atoms with Crippen molar-refractivity contribution < 1.29 is 61.4 Å². The fraction of sp³-hybridized carbons (Fsp3) is 0.116. The zero-order valence-corrected chi connectivity index (χ0v) is 33.9. The third kappa shape index (κ3) is 11.0. The Morgan fingerprint density at radius 2 is 1.12 bits per heavy atom. The quantitative estimate of drug-likeness (QED) is 0.115. The molecule has 0 aliphatic carbocycles. The number of alkyl halides is 3. The topological polar surface area (TPSA) is 94.4 Å². The van der Waals surface area contributed by atoms with Crippen LogP contribution in [0.1, 0.15) is 5.69 Å². The van der Waals surface area contributed by atoms with Gasteiger partial charge in [0.25, 0.3) is 12.7 Å². The molecule has 0 spiro atoms. The molecule has 4 heterocycles. The van der Waals surface area contributed by atoms with Crippen molar-refractivity contribution >= 4 is 0 Å². The first-order valence-corrected chi connectivity index (χ1v) is 17.1. The van der Waals surface area contributed by atoms with Gasteiger partial charge in [-0.25, -0.2) is 0 Å². The molecule has 4 aromatic heterocycles. The minimum absolute atomic E-state index is 0. The van der Waals surface area contributed by atoms with Gasteiger partial charge in [-0.05, 0) is 66.0 Å². The third-order valence-corrected chi connectivity index (χ3v) is 8.09. The Kier molecular flexibility index (Phi) is 14.6. The molecule has 0 atom stereocenters. The molecule has 0 amide bonds. The molecule has 299 valence electrons. The van der Waals surface area contributed by atoms with Crippen LogP contribution in [0.5, 0.6) is 23.0 Å². The van der Waals surface area contributed by atoms with Gasteiger partial charge in [0, 0.05) is 68.3 Å². The molecular formula is C43H35F3IrN7O4-3. The Morgan fingerprint density at radius 3 is 1.55 bits per heavy atom. The van der Waals surface area contributed by atoms with E-state index in [2.05, 4.69) is 40.0 Å². The number of pyridine rings is 1. The number of nitrogens with zero attached hydrogens (tertiary/aromatic N) is 7. The Balaban J connectivity index is 0.000000167. The van der Waals surface area contributed by atoms with Crippen LogP contribution < -0.4 is 33.2 Å². The van der Waals surface area contributed by atoms with Gasteiger partial charge in [-0.15, -0.1) is 24.3 Å². The molecule has 15 heteroatoms. The van der Waals surface area contributed by atoms with Crippen molar-refractivity contribution in [3.63, 3.8) is 0 Å². The maximum absolute atomic E-state index is 12.2. The average Bonchev–Trinajstić information content (AvgIpc) is 4.07. The normalized spacial score (nSPS) is 10.5. The molecule has 58 heavy (non-hydrogen) atoms. The summed E-state index contributed by atoms with van der Waals surface area (Å²) in [5.74, 6) is 3.21. The van der Waals surface area contributed by atoms with Crippen molar-refractivity contribution in [3.05, 3.63) is 171 Å². The fourth-order valence-corrected chi connectivity index (χ4v) is 5.18. The van der Waals surface area contributed by atoms with Crippen LogP contribution in [-0.4, -0.2) is 47.7 Å². The van der Waals surface area contributed by atoms with Gasteiger partial charge < -0.3 is 38.3 Å². The Bertz CT molecular complexity index is 2250. The number of hydrogen-bond donors (Lipinski definition) is 0. The zero-order valence-electron chi connectivity index (χ0n) is 31.5. The standard InChI is InChI=1S/2C17H15N2O2.C9H5F3N3.Ir/c2*1-20-16-7-3-5-14(11-16)18-9-10-19(13-18)15-6-4-8-17(12-15)21-2;10-9(11,12)8-5-7(14-15-8)6-3-1-2-4-13-6;/h2*3-5,7-12H,1-2H3;1-5H;/q3*-1;. The number of aromatic nitrogens is 7. The summed E-state index contributed by atoms with van der Waals surface area (Å²) in [7, 11) is 6.61. The summed E-state index contributed by atoms with van der Waals surface area (Å²) in [5.41, 5.74) is 3.21. The van der Waals surface area contributed by atoms with Gasteiger partial charge in [0.05, 0.1) is 39.8 Å². The van der Waals surface area contributed by atoms with E-state index in [4.69, 9.17) is 18.9 Å². The van der Waals surface area contributed by atoms with Gasteiger partial charge in [0.1, 0.15) is 17.2 Å². The second-order valence-corrected chi connectivity index (χ2v) is 11.7. The largest absolute Gasteiger partial charge is 0.573 e. The maximum atomic E-state index is 12.2. The van der Waals surface area contributed by atoms with Crippen LogP contribution in [0.4, 0.5) is 13.2 Å². The first-order valence-electron chi connectivity index (χ1n) is 17.1. The van der Waals surface area contributed by atoms with E-state index in [-0.39, 0.29) is 25.8 Å². The number of halogens is 3. The van der Waals surface area contributed by atoms with E-state index < -0.39 is 11.9 Å². The predicted molar refractivity (Wildman–Crippen MR) is 202 cm³/mol. The molecule has 0 aliphatic rings. The van der Waals surface area contributed by atoms with E-state index in [1.807, 2.05) is 128 Å². The van der Waals surface area contributed by atoms with Crippen molar-refractivity contribution in [2.75, 3.05) is 28.4 Å². The van der Waals surface area contributed by atoms with Gasteiger partial charge in [0.15, 0.2) is 0 Å². The van der Waals surface area contributed by atoms with Crippen LogP contribution in [0.15, 0.2) is 140 Å². The monoisotopic (exact) mass is 963 g/mol. The van der Waals surface area contributed by atoms with E-state index in [0.717, 1.165) is 51.8 Å². The molecule has 0 saturated carbocycles. The van der Waals surface area contributed by atoms with Crippen molar-refractivity contribution in [2.45, 2.75) is 6.18 Å². The van der Waals surface area contributed by atoms with E-state index in [1.54, 1.807) is 46.6 Å². The van der Waals surface area contributed by atoms with Crippen LogP contribution in [0.3, 0.4) is 0 Å². The zero-order chi connectivity index (χ0) is 40.2. The molecule has 8 aromatic rings. The summed E-state index contributed by atoms with van der Waals surface area (Å²) in [5, 5.41) is 6.47. The Labute approximate surface area is 346 Å². The van der Waals surface area contributed by atoms with E-state index in [9.17, 15) is 13.2 Å². The number of methoxy groups -OCH3 is 4. The predicted octanol–water partition coefficient (Wildman–Crippen LogP) is 6.86. The summed E-state index contributed by atoms with van der Waals surface area (Å²) in [6.45, 7) is 0. The summed E-state index contributed by atoms with van der Waals surface area (Å²) < 4.78 is 65.0. The van der Waals surface area contributed by atoms with Crippen LogP contribution in [-0.2, 0) is 26.3 Å². The smallest absolute Gasteiger partial charge is 0.431 e. The molecule has 0 bridgehead atoms. The third-order valence-electron chi connectivity index (χ3n) is 8.09. The minimum Gasteiger partial charge on any atom is -0.573 e. The molecule has 0 unspecified atom stereocenters. The van der Waals surface area contributed by atoms with Crippen LogP contribution in [0.2, 0.25) is 0 Å². The van der Waals surface area contributed by atoms with E-state index in [0.29, 0.717) is 5.69 Å². The second kappa shape index (κ2) is 19.9. The fourth-order valence-electron chi connectivity index (χ4n) is 5.18. The molecule has 1 radical (unpaired) electrons. The summed E-state index contributed by atoms with van der Waals surface area (Å²) in [6.07, 6.45) is 11.2. The summed E-state index contributed by atoms with van der Waals surface area (Å²) >= 11 is 0. The maximum Gasteiger partial charge on any atom is 0.431 e. The van der Waals surface area contributed by atoms with Crippen molar-refractivity contribution in [1.82, 2.24) is 24.3 Å². The van der Waals surface area contributed by atoms with Gasteiger partial charge in [-0.1, -0.05) is 23.9 Å². The van der Waals surface area contributed by atoms with Gasteiger partial charge in [-0.3, -0.25) is 14.1 Å². The number of benzene rings is 4. The SMILES string of the molecule is COc1cc[c-]c(-n2[c-][n+](-c3cccc(OC)c3)cc2)c1.COc1cc[c-]c(-n2[c-][n+](-c3cccc(OC)c3)cc2)c1.FC(F)(F)c1cc(-c2ccccn2)[n-]n1.[Ir]. The number of imidazole rings is 2. The van der Waals surface area contributed by atoms with Gasteiger partial charge in [0.2, 0.25) is 0 Å². The molecular weight excluding hydrogens is 928 g/mol. The molecule has 8 rings (SSSR count). The minimum atomic E-state index is -4.46. The molecule has 0 saturated heterocycles.